The zero-order valence-corrected chi connectivity index (χ0v) is 16.1. The van der Waals surface area contributed by atoms with E-state index >= 15 is 0 Å². The molecular formula is C21H20N4OS. The van der Waals surface area contributed by atoms with E-state index in [1.165, 1.54) is 5.56 Å². The quantitative estimate of drug-likeness (QED) is 0.512. The van der Waals surface area contributed by atoms with E-state index in [9.17, 15) is 4.79 Å². The first-order valence-corrected chi connectivity index (χ1v) is 9.20. The molecule has 2 heterocycles. The predicted molar refractivity (Wildman–Crippen MR) is 110 cm³/mol. The number of carbonyl (C=O) groups excluding carboxylic acids is 1. The highest BCUT2D eigenvalue weighted by molar-refractivity contribution is 7.71. The van der Waals surface area contributed by atoms with E-state index in [0.29, 0.717) is 4.77 Å². The van der Waals surface area contributed by atoms with Crippen LogP contribution in [-0.2, 0) is 11.2 Å². The molecule has 0 fully saturated rings. The molecule has 1 aliphatic rings. The fraction of sp³-hybridized carbons (Fsp3) is 0.190. The second kappa shape index (κ2) is 6.63. The van der Waals surface area contributed by atoms with Gasteiger partial charge >= 0.3 is 0 Å². The third kappa shape index (κ3) is 3.02. The van der Waals surface area contributed by atoms with Crippen LogP contribution in [0.1, 0.15) is 29.5 Å². The van der Waals surface area contributed by atoms with Gasteiger partial charge < -0.3 is 10.1 Å². The number of aromatic nitrogens is 3. The molecule has 0 saturated carbocycles. The minimum atomic E-state index is -0.170. The molecule has 0 amide bonds. The monoisotopic (exact) mass is 376 g/mol. The third-order valence-electron chi connectivity index (χ3n) is 4.97. The topological polar surface area (TPSA) is 62.7 Å². The Kier molecular flexibility index (Phi) is 4.28. The van der Waals surface area contributed by atoms with Crippen molar-refractivity contribution in [1.82, 2.24) is 14.8 Å². The van der Waals surface area contributed by atoms with Crippen LogP contribution in [0.15, 0.2) is 48.7 Å². The molecule has 4 rings (SSSR count). The Morgan fingerprint density at radius 3 is 2.89 bits per heavy atom. The Labute approximate surface area is 162 Å². The zero-order chi connectivity index (χ0) is 19.1. The minimum absolute atomic E-state index is 0.170. The van der Waals surface area contributed by atoms with Crippen LogP contribution in [0, 0.1) is 11.7 Å². The number of aldehydes is 1. The van der Waals surface area contributed by atoms with Crippen LogP contribution in [0.25, 0.3) is 17.1 Å². The van der Waals surface area contributed by atoms with Gasteiger partial charge in [0.25, 0.3) is 0 Å². The van der Waals surface area contributed by atoms with Crippen molar-refractivity contribution in [1.29, 1.82) is 0 Å². The summed E-state index contributed by atoms with van der Waals surface area (Å²) in [6, 6.07) is 12.2. The highest BCUT2D eigenvalue weighted by Crippen LogP contribution is 2.32. The Bertz CT molecular complexity index is 1130. The van der Waals surface area contributed by atoms with Gasteiger partial charge in [0.2, 0.25) is 0 Å². The molecule has 0 aliphatic carbocycles. The highest BCUT2D eigenvalue weighted by atomic mass is 32.1. The largest absolute Gasteiger partial charge is 0.359 e. The molecule has 1 aliphatic heterocycles. The van der Waals surface area contributed by atoms with E-state index in [-0.39, 0.29) is 5.92 Å². The van der Waals surface area contributed by atoms with Gasteiger partial charge in [-0.25, -0.2) is 0 Å². The number of aromatic amines is 1. The van der Waals surface area contributed by atoms with Crippen molar-refractivity contribution >= 4 is 24.2 Å². The average Bonchev–Trinajstić information content (AvgIpc) is 3.22. The number of nitrogens with zero attached hydrogens (tertiary/aromatic N) is 2. The molecule has 0 spiro atoms. The van der Waals surface area contributed by atoms with Gasteiger partial charge in [-0.3, -0.25) is 9.67 Å². The lowest BCUT2D eigenvalue weighted by molar-refractivity contribution is -0.108. The summed E-state index contributed by atoms with van der Waals surface area (Å²) in [6.45, 7) is 7.92. The van der Waals surface area contributed by atoms with Crippen molar-refractivity contribution in [2.24, 2.45) is 0 Å². The Morgan fingerprint density at radius 1 is 1.30 bits per heavy atom. The molecule has 3 aromatic rings. The number of benzene rings is 2. The number of fused-ring (bicyclic) bond motifs is 1. The molecule has 1 unspecified atom stereocenters. The van der Waals surface area contributed by atoms with Crippen LogP contribution in [-0.4, -0.2) is 21.1 Å². The van der Waals surface area contributed by atoms with E-state index in [2.05, 4.69) is 28.2 Å². The summed E-state index contributed by atoms with van der Waals surface area (Å²) in [5.74, 6) is 0.568. The number of H-pyrrole nitrogens is 1. The Hall–Kier alpha value is -2.99. The molecule has 0 saturated heterocycles. The van der Waals surface area contributed by atoms with Gasteiger partial charge in [0.15, 0.2) is 10.6 Å². The van der Waals surface area contributed by atoms with E-state index in [1.807, 2.05) is 48.7 Å². The van der Waals surface area contributed by atoms with Crippen molar-refractivity contribution in [3.8, 4) is 17.1 Å². The average molecular weight is 376 g/mol. The van der Waals surface area contributed by atoms with E-state index < -0.39 is 0 Å². The molecule has 1 atom stereocenters. The molecule has 2 aromatic carbocycles. The fourth-order valence-corrected chi connectivity index (χ4v) is 3.65. The van der Waals surface area contributed by atoms with Crippen LogP contribution >= 0.6 is 12.2 Å². The molecule has 2 N–H and O–H groups in total. The standard InChI is InChI=1S/C21H20N4OS/c1-12-4-5-15(13(2)11-26)10-18(12)20-23-24-21(27)25(20)17-6-7-19-16(9-17)8-14(3)22-19/h4-7,9-11,13,22H,3,8H2,1-2H3,(H,24,27). The molecule has 0 radical (unpaired) electrons. The SMILES string of the molecule is C=C1Cc2cc(-n3c(-c4cc(C(C)C=O)ccc4C)n[nH]c3=S)ccc2N1. The molecule has 1 aromatic heterocycles. The highest BCUT2D eigenvalue weighted by Gasteiger charge is 2.18. The number of aryl methyl sites for hydroxylation is 1. The molecular weight excluding hydrogens is 356 g/mol. The van der Waals surface area contributed by atoms with Crippen molar-refractivity contribution in [3.63, 3.8) is 0 Å². The smallest absolute Gasteiger partial charge is 0.200 e. The van der Waals surface area contributed by atoms with Crippen LogP contribution in [0.5, 0.6) is 0 Å². The summed E-state index contributed by atoms with van der Waals surface area (Å²) < 4.78 is 2.47. The molecule has 136 valence electrons. The third-order valence-corrected chi connectivity index (χ3v) is 5.24. The summed E-state index contributed by atoms with van der Waals surface area (Å²) in [4.78, 5) is 11.2. The van der Waals surface area contributed by atoms with Gasteiger partial charge in [-0.1, -0.05) is 25.6 Å². The first kappa shape index (κ1) is 17.4. The molecule has 0 bridgehead atoms. The lowest BCUT2D eigenvalue weighted by Gasteiger charge is -2.13. The van der Waals surface area contributed by atoms with Gasteiger partial charge in [-0.15, -0.1) is 0 Å². The fourth-order valence-electron chi connectivity index (χ4n) is 3.41. The first-order chi connectivity index (χ1) is 13.0. The van der Waals surface area contributed by atoms with Crippen LogP contribution in [0.2, 0.25) is 0 Å². The Balaban J connectivity index is 1.87. The summed E-state index contributed by atoms with van der Waals surface area (Å²) in [6.07, 6.45) is 1.75. The zero-order valence-electron chi connectivity index (χ0n) is 15.2. The molecule has 6 heteroatoms. The van der Waals surface area contributed by atoms with Crippen molar-refractivity contribution in [2.45, 2.75) is 26.2 Å². The van der Waals surface area contributed by atoms with E-state index in [4.69, 9.17) is 12.2 Å². The minimum Gasteiger partial charge on any atom is -0.359 e. The van der Waals surface area contributed by atoms with Gasteiger partial charge in [0, 0.05) is 29.3 Å². The summed E-state index contributed by atoms with van der Waals surface area (Å²) in [5, 5.41) is 10.7. The number of hydrogen-bond donors (Lipinski definition) is 2. The molecule has 5 nitrogen and oxygen atoms in total. The van der Waals surface area contributed by atoms with Gasteiger partial charge in [-0.05, 0) is 60.1 Å². The van der Waals surface area contributed by atoms with Gasteiger partial charge in [0.05, 0.1) is 5.69 Å². The maximum Gasteiger partial charge on any atom is 0.200 e. The summed E-state index contributed by atoms with van der Waals surface area (Å²) in [5.41, 5.74) is 7.20. The maximum absolute atomic E-state index is 11.2. The summed E-state index contributed by atoms with van der Waals surface area (Å²) in [7, 11) is 0. The number of rotatable bonds is 4. The van der Waals surface area contributed by atoms with Gasteiger partial charge in [0.1, 0.15) is 6.29 Å². The van der Waals surface area contributed by atoms with E-state index in [1.54, 1.807) is 0 Å². The predicted octanol–water partition coefficient (Wildman–Crippen LogP) is 4.69. The van der Waals surface area contributed by atoms with Crippen LogP contribution < -0.4 is 5.32 Å². The van der Waals surface area contributed by atoms with Crippen LogP contribution in [0.3, 0.4) is 0 Å². The van der Waals surface area contributed by atoms with Crippen molar-refractivity contribution in [2.75, 3.05) is 5.32 Å². The number of allylic oxidation sites excluding steroid dienone is 1. The van der Waals surface area contributed by atoms with E-state index in [0.717, 1.165) is 52.3 Å². The first-order valence-electron chi connectivity index (χ1n) is 8.79. The number of anilines is 1. The summed E-state index contributed by atoms with van der Waals surface area (Å²) >= 11 is 5.51. The normalized spacial score (nSPS) is 13.9. The molecule has 27 heavy (non-hydrogen) atoms. The van der Waals surface area contributed by atoms with Crippen LogP contribution in [0.4, 0.5) is 5.69 Å². The lowest BCUT2D eigenvalue weighted by atomic mass is 9.97. The van der Waals surface area contributed by atoms with Crippen molar-refractivity contribution in [3.05, 3.63) is 70.1 Å². The number of hydrogen-bond acceptors (Lipinski definition) is 4. The van der Waals surface area contributed by atoms with Crippen molar-refractivity contribution < 1.29 is 4.79 Å². The number of nitrogens with one attached hydrogen (secondary N) is 2. The Morgan fingerprint density at radius 2 is 2.11 bits per heavy atom. The number of carbonyl (C=O) groups is 1. The second-order valence-corrected chi connectivity index (χ2v) is 7.32. The second-order valence-electron chi connectivity index (χ2n) is 6.93. The lowest BCUT2D eigenvalue weighted by Crippen LogP contribution is -2.01. The maximum atomic E-state index is 11.2. The van der Waals surface area contributed by atoms with Gasteiger partial charge in [-0.2, -0.15) is 5.10 Å².